The van der Waals surface area contributed by atoms with Gasteiger partial charge in [-0.1, -0.05) is 27.7 Å². The molecule has 0 fully saturated rings. The quantitative estimate of drug-likeness (QED) is 0.646. The lowest BCUT2D eigenvalue weighted by atomic mass is 10.4. The van der Waals surface area contributed by atoms with Gasteiger partial charge >= 0.3 is 0 Å². The summed E-state index contributed by atoms with van der Waals surface area (Å²) in [5.41, 5.74) is 1.67. The molecule has 0 aliphatic carbocycles. The molecule has 0 saturated heterocycles. The van der Waals surface area contributed by atoms with Gasteiger partial charge in [0.25, 0.3) is 0 Å². The molecule has 2 rings (SSSR count). The van der Waals surface area contributed by atoms with Crippen molar-refractivity contribution in [1.29, 1.82) is 0 Å². The first kappa shape index (κ1) is 13.6. The second-order valence-corrected chi connectivity index (χ2v) is 2.47. The van der Waals surface area contributed by atoms with Crippen molar-refractivity contribution < 1.29 is 4.39 Å². The minimum atomic E-state index is -0.247. The molecule has 2 aromatic rings. The zero-order chi connectivity index (χ0) is 11.8. The zero-order valence-electron chi connectivity index (χ0n) is 10.1. The van der Waals surface area contributed by atoms with Crippen molar-refractivity contribution in [2.75, 3.05) is 0 Å². The predicted octanol–water partition coefficient (Wildman–Crippen LogP) is 3.83. The topological polar surface area (TPSA) is 17.3 Å². The molecule has 0 saturated carbocycles. The molecular weight excluding hydrogens is 191 g/mol. The van der Waals surface area contributed by atoms with Crippen LogP contribution in [0.1, 0.15) is 33.4 Å². The molecule has 0 radical (unpaired) electrons. The molecule has 2 nitrogen and oxygen atoms in total. The van der Waals surface area contributed by atoms with E-state index in [2.05, 4.69) is 4.98 Å². The van der Waals surface area contributed by atoms with Gasteiger partial charge in [0.15, 0.2) is 0 Å². The average Bonchev–Trinajstić information content (AvgIpc) is 2.65. The maximum atomic E-state index is 12.6. The van der Waals surface area contributed by atoms with Crippen LogP contribution in [0.4, 0.5) is 4.39 Å². The van der Waals surface area contributed by atoms with E-state index >= 15 is 0 Å². The number of nitrogens with zero attached hydrogens (tertiary/aromatic N) is 2. The molecule has 15 heavy (non-hydrogen) atoms. The predicted molar refractivity (Wildman–Crippen MR) is 62.6 cm³/mol. The van der Waals surface area contributed by atoms with Crippen LogP contribution in [-0.4, -0.2) is 9.38 Å². The normalized spacial score (nSPS) is 8.67. The number of halogens is 1. The first-order valence-electron chi connectivity index (χ1n) is 5.36. The van der Waals surface area contributed by atoms with E-state index < -0.39 is 0 Å². The maximum Gasteiger partial charge on any atom is 0.139 e. The van der Waals surface area contributed by atoms with Crippen molar-refractivity contribution in [2.45, 2.75) is 34.6 Å². The molecule has 84 valence electrons. The van der Waals surface area contributed by atoms with Gasteiger partial charge in [0, 0.05) is 24.2 Å². The summed E-state index contributed by atoms with van der Waals surface area (Å²) in [6, 6.07) is 2.83. The first-order valence-corrected chi connectivity index (χ1v) is 5.36. The van der Waals surface area contributed by atoms with Crippen LogP contribution in [0.2, 0.25) is 0 Å². The van der Waals surface area contributed by atoms with E-state index in [-0.39, 0.29) is 5.82 Å². The molecule has 0 unspecified atom stereocenters. The summed E-state index contributed by atoms with van der Waals surface area (Å²) >= 11 is 0. The molecule has 2 heterocycles. The molecule has 0 bridgehead atoms. The second-order valence-electron chi connectivity index (χ2n) is 2.47. The second kappa shape index (κ2) is 6.98. The minimum absolute atomic E-state index is 0.247. The summed E-state index contributed by atoms with van der Waals surface area (Å²) in [5.74, 6) is -0.247. The molecule has 2 aromatic heterocycles. The number of imidazole rings is 1. The Bertz CT molecular complexity index is 393. The van der Waals surface area contributed by atoms with Gasteiger partial charge < -0.3 is 4.40 Å². The Morgan fingerprint density at radius 2 is 1.80 bits per heavy atom. The Hall–Kier alpha value is -1.38. The summed E-state index contributed by atoms with van der Waals surface area (Å²) in [4.78, 5) is 4.00. The van der Waals surface area contributed by atoms with Crippen LogP contribution in [0, 0.1) is 12.7 Å². The molecule has 0 aliphatic rings. The standard InChI is InChI=1S/C8H7FN2.2C2H6/c1-6-5-10-8-4-7(9)2-3-11(6)8;2*1-2/h2-5H,1H3;2*1-2H3. The monoisotopic (exact) mass is 210 g/mol. The van der Waals surface area contributed by atoms with Gasteiger partial charge in [-0.05, 0) is 13.0 Å². The molecule has 3 heteroatoms. The molecular formula is C12H19FN2. The maximum absolute atomic E-state index is 12.6. The SMILES string of the molecule is CC.CC.Cc1cnc2cc(F)ccn12. The number of hydrogen-bond donors (Lipinski definition) is 0. The molecule has 0 amide bonds. The van der Waals surface area contributed by atoms with Crippen molar-refractivity contribution in [2.24, 2.45) is 0 Å². The first-order chi connectivity index (χ1) is 7.27. The lowest BCUT2D eigenvalue weighted by molar-refractivity contribution is 0.626. The van der Waals surface area contributed by atoms with Crippen molar-refractivity contribution in [3.8, 4) is 0 Å². The summed E-state index contributed by atoms with van der Waals surface area (Å²) in [6.45, 7) is 9.93. The smallest absolute Gasteiger partial charge is 0.139 e. The van der Waals surface area contributed by atoms with Gasteiger partial charge in [-0.15, -0.1) is 0 Å². The van der Waals surface area contributed by atoms with E-state index in [1.807, 2.05) is 39.0 Å². The fourth-order valence-electron chi connectivity index (χ4n) is 1.08. The summed E-state index contributed by atoms with van der Waals surface area (Å²) in [5, 5.41) is 0. The van der Waals surface area contributed by atoms with Crippen LogP contribution in [0.25, 0.3) is 5.65 Å². The van der Waals surface area contributed by atoms with E-state index in [0.29, 0.717) is 5.65 Å². The van der Waals surface area contributed by atoms with E-state index in [0.717, 1.165) is 5.69 Å². The molecule has 0 N–H and O–H groups in total. The van der Waals surface area contributed by atoms with Crippen molar-refractivity contribution in [1.82, 2.24) is 9.38 Å². The summed E-state index contributed by atoms with van der Waals surface area (Å²) < 4.78 is 14.4. The highest BCUT2D eigenvalue weighted by Crippen LogP contribution is 2.06. The number of rotatable bonds is 0. The van der Waals surface area contributed by atoms with Gasteiger partial charge in [-0.2, -0.15) is 0 Å². The van der Waals surface area contributed by atoms with E-state index in [4.69, 9.17) is 0 Å². The molecule has 0 spiro atoms. The lowest BCUT2D eigenvalue weighted by Crippen LogP contribution is -1.86. The van der Waals surface area contributed by atoms with Crippen molar-refractivity contribution in [3.63, 3.8) is 0 Å². The van der Waals surface area contributed by atoms with Gasteiger partial charge in [0.1, 0.15) is 11.5 Å². The number of pyridine rings is 1. The van der Waals surface area contributed by atoms with E-state index in [1.165, 1.54) is 12.1 Å². The highest BCUT2D eigenvalue weighted by Gasteiger charge is 1.97. The van der Waals surface area contributed by atoms with Crippen LogP contribution >= 0.6 is 0 Å². The average molecular weight is 210 g/mol. The van der Waals surface area contributed by atoms with Crippen LogP contribution in [0.5, 0.6) is 0 Å². The molecule has 0 atom stereocenters. The largest absolute Gasteiger partial charge is 0.304 e. The van der Waals surface area contributed by atoms with Crippen LogP contribution in [0.15, 0.2) is 24.5 Å². The lowest BCUT2D eigenvalue weighted by Gasteiger charge is -1.93. The fourth-order valence-corrected chi connectivity index (χ4v) is 1.08. The number of aromatic nitrogens is 2. The molecule has 0 aliphatic heterocycles. The van der Waals surface area contributed by atoms with Gasteiger partial charge in [0.2, 0.25) is 0 Å². The van der Waals surface area contributed by atoms with Crippen molar-refractivity contribution in [3.05, 3.63) is 36.0 Å². The molecule has 0 aromatic carbocycles. The fraction of sp³-hybridized carbons (Fsp3) is 0.417. The Morgan fingerprint density at radius 3 is 2.40 bits per heavy atom. The van der Waals surface area contributed by atoms with Crippen LogP contribution in [0.3, 0.4) is 0 Å². The third kappa shape index (κ3) is 3.35. The van der Waals surface area contributed by atoms with Crippen molar-refractivity contribution >= 4 is 5.65 Å². The third-order valence-corrected chi connectivity index (χ3v) is 1.66. The Kier molecular flexibility index (Phi) is 6.34. The number of hydrogen-bond acceptors (Lipinski definition) is 1. The Labute approximate surface area is 90.8 Å². The minimum Gasteiger partial charge on any atom is -0.304 e. The number of aryl methyl sites for hydroxylation is 1. The van der Waals surface area contributed by atoms with E-state index in [1.54, 1.807) is 12.4 Å². The Morgan fingerprint density at radius 1 is 1.20 bits per heavy atom. The highest BCUT2D eigenvalue weighted by molar-refractivity contribution is 5.39. The Balaban J connectivity index is 0.000000442. The summed E-state index contributed by atoms with van der Waals surface area (Å²) in [7, 11) is 0. The highest BCUT2D eigenvalue weighted by atomic mass is 19.1. The van der Waals surface area contributed by atoms with Crippen LogP contribution in [-0.2, 0) is 0 Å². The van der Waals surface area contributed by atoms with Crippen LogP contribution < -0.4 is 0 Å². The summed E-state index contributed by atoms with van der Waals surface area (Å²) in [6.07, 6.45) is 3.39. The van der Waals surface area contributed by atoms with Gasteiger partial charge in [0.05, 0.1) is 0 Å². The number of fused-ring (bicyclic) bond motifs is 1. The third-order valence-electron chi connectivity index (χ3n) is 1.66. The van der Waals surface area contributed by atoms with E-state index in [9.17, 15) is 4.39 Å². The van der Waals surface area contributed by atoms with Gasteiger partial charge in [-0.3, -0.25) is 0 Å². The van der Waals surface area contributed by atoms with Gasteiger partial charge in [-0.25, -0.2) is 9.37 Å². The zero-order valence-corrected chi connectivity index (χ0v) is 10.1.